The highest BCUT2D eigenvalue weighted by atomic mass is 16.5. The number of rotatable bonds is 8. The van der Waals surface area contributed by atoms with Crippen molar-refractivity contribution in [1.29, 1.82) is 0 Å². The fourth-order valence-corrected chi connectivity index (χ4v) is 3.50. The zero-order valence-electron chi connectivity index (χ0n) is 19.6. The molecule has 0 aliphatic rings. The van der Waals surface area contributed by atoms with Crippen LogP contribution in [0, 0.1) is 0 Å². The summed E-state index contributed by atoms with van der Waals surface area (Å²) in [6, 6.07) is 26.2. The normalized spacial score (nSPS) is 11.1. The molecule has 4 nitrogen and oxygen atoms in total. The molecule has 0 fully saturated rings. The predicted octanol–water partition coefficient (Wildman–Crippen LogP) is 6.66. The van der Waals surface area contributed by atoms with E-state index in [1.54, 1.807) is 0 Å². The molecular weight excluding hydrogens is 396 g/mol. The third-order valence-electron chi connectivity index (χ3n) is 5.41. The van der Waals surface area contributed by atoms with Gasteiger partial charge >= 0.3 is 6.03 Å². The highest BCUT2D eigenvalue weighted by Gasteiger charge is 2.16. The van der Waals surface area contributed by atoms with Crippen LogP contribution in [-0.4, -0.2) is 24.1 Å². The van der Waals surface area contributed by atoms with Crippen molar-refractivity contribution in [3.8, 4) is 5.75 Å². The lowest BCUT2D eigenvalue weighted by atomic mass is 9.87. The number of nitrogens with one attached hydrogen (secondary N) is 1. The Bertz CT molecular complexity index is 975. The van der Waals surface area contributed by atoms with Gasteiger partial charge in [0.05, 0.1) is 6.61 Å². The molecule has 3 aromatic rings. The summed E-state index contributed by atoms with van der Waals surface area (Å²) in [5.41, 5.74) is 4.49. The Kier molecular flexibility index (Phi) is 7.93. The van der Waals surface area contributed by atoms with E-state index in [4.69, 9.17) is 4.74 Å². The monoisotopic (exact) mass is 430 g/mol. The van der Waals surface area contributed by atoms with Gasteiger partial charge in [0.15, 0.2) is 0 Å². The Labute approximate surface area is 192 Å². The van der Waals surface area contributed by atoms with E-state index >= 15 is 0 Å². The first kappa shape index (κ1) is 23.4. The zero-order valence-corrected chi connectivity index (χ0v) is 19.6. The summed E-state index contributed by atoms with van der Waals surface area (Å²) < 4.78 is 5.49. The molecule has 0 spiro atoms. The summed E-state index contributed by atoms with van der Waals surface area (Å²) >= 11 is 0. The molecule has 0 aliphatic heterocycles. The van der Waals surface area contributed by atoms with E-state index in [0.717, 1.165) is 23.4 Å². The smallest absolute Gasteiger partial charge is 0.322 e. The van der Waals surface area contributed by atoms with Crippen molar-refractivity contribution >= 4 is 11.7 Å². The van der Waals surface area contributed by atoms with Crippen LogP contribution in [0.1, 0.15) is 44.4 Å². The van der Waals surface area contributed by atoms with Crippen LogP contribution in [0.5, 0.6) is 5.75 Å². The van der Waals surface area contributed by atoms with E-state index in [0.29, 0.717) is 19.7 Å². The first-order valence-corrected chi connectivity index (χ1v) is 11.3. The van der Waals surface area contributed by atoms with Crippen molar-refractivity contribution in [2.45, 2.75) is 46.1 Å². The van der Waals surface area contributed by atoms with Crippen molar-refractivity contribution < 1.29 is 9.53 Å². The molecule has 0 aliphatic carbocycles. The highest BCUT2D eigenvalue weighted by molar-refractivity contribution is 5.89. The molecule has 0 saturated carbocycles. The van der Waals surface area contributed by atoms with Gasteiger partial charge in [-0.3, -0.25) is 0 Å². The van der Waals surface area contributed by atoms with Crippen LogP contribution in [0.25, 0.3) is 0 Å². The van der Waals surface area contributed by atoms with Crippen LogP contribution in [0.3, 0.4) is 0 Å². The largest absolute Gasteiger partial charge is 0.494 e. The molecule has 3 rings (SSSR count). The summed E-state index contributed by atoms with van der Waals surface area (Å²) in [4.78, 5) is 15.0. The molecule has 4 heteroatoms. The van der Waals surface area contributed by atoms with Gasteiger partial charge in [0.2, 0.25) is 0 Å². The van der Waals surface area contributed by atoms with Crippen molar-refractivity contribution in [3.05, 3.63) is 95.6 Å². The summed E-state index contributed by atoms with van der Waals surface area (Å²) in [5, 5.41) is 3.03. The minimum atomic E-state index is -0.106. The summed E-state index contributed by atoms with van der Waals surface area (Å²) in [6.07, 6.45) is 0.803. The van der Waals surface area contributed by atoms with Crippen LogP contribution in [-0.2, 0) is 18.4 Å². The third kappa shape index (κ3) is 6.88. The van der Waals surface area contributed by atoms with E-state index in [1.165, 1.54) is 11.1 Å². The molecule has 0 atom stereocenters. The molecule has 2 amide bonds. The van der Waals surface area contributed by atoms with Gasteiger partial charge in [-0.1, -0.05) is 75.4 Å². The van der Waals surface area contributed by atoms with Crippen molar-refractivity contribution in [1.82, 2.24) is 4.90 Å². The predicted molar refractivity (Wildman–Crippen MR) is 132 cm³/mol. The Morgan fingerprint density at radius 2 is 1.53 bits per heavy atom. The molecule has 0 heterocycles. The molecule has 1 N–H and O–H groups in total. The molecule has 3 aromatic carbocycles. The highest BCUT2D eigenvalue weighted by Crippen LogP contribution is 2.23. The van der Waals surface area contributed by atoms with Gasteiger partial charge in [-0.05, 0) is 59.7 Å². The molecule has 0 bridgehead atoms. The topological polar surface area (TPSA) is 41.6 Å². The number of anilines is 1. The number of urea groups is 1. The lowest BCUT2D eigenvalue weighted by molar-refractivity contribution is 0.210. The fourth-order valence-electron chi connectivity index (χ4n) is 3.50. The quantitative estimate of drug-likeness (QED) is 0.434. The van der Waals surface area contributed by atoms with Gasteiger partial charge in [-0.15, -0.1) is 0 Å². The maximum atomic E-state index is 13.2. The third-order valence-corrected chi connectivity index (χ3v) is 5.41. The Morgan fingerprint density at radius 3 is 2.12 bits per heavy atom. The number of hydrogen-bond acceptors (Lipinski definition) is 2. The maximum absolute atomic E-state index is 13.2. The van der Waals surface area contributed by atoms with E-state index in [2.05, 4.69) is 62.5 Å². The molecule has 0 saturated heterocycles. The average molecular weight is 431 g/mol. The number of amides is 2. The molecule has 0 aromatic heterocycles. The van der Waals surface area contributed by atoms with Gasteiger partial charge in [0.25, 0.3) is 0 Å². The Morgan fingerprint density at radius 1 is 0.875 bits per heavy atom. The van der Waals surface area contributed by atoms with E-state index in [9.17, 15) is 4.79 Å². The minimum absolute atomic E-state index is 0.106. The zero-order chi connectivity index (χ0) is 23.0. The van der Waals surface area contributed by atoms with Crippen molar-refractivity contribution in [2.24, 2.45) is 0 Å². The summed E-state index contributed by atoms with van der Waals surface area (Å²) in [5.74, 6) is 0.797. The van der Waals surface area contributed by atoms with Gasteiger partial charge in [0.1, 0.15) is 5.75 Å². The van der Waals surface area contributed by atoms with Gasteiger partial charge < -0.3 is 15.0 Å². The second-order valence-corrected chi connectivity index (χ2v) is 8.99. The number of hydrogen-bond donors (Lipinski definition) is 1. The second kappa shape index (κ2) is 10.9. The lowest BCUT2D eigenvalue weighted by Crippen LogP contribution is -2.36. The lowest BCUT2D eigenvalue weighted by Gasteiger charge is -2.24. The maximum Gasteiger partial charge on any atom is 0.322 e. The Hall–Kier alpha value is -3.27. The number of ether oxygens (including phenoxy) is 1. The van der Waals surface area contributed by atoms with Gasteiger partial charge in [0, 0.05) is 18.8 Å². The fraction of sp³-hybridized carbons (Fsp3) is 0.321. The average Bonchev–Trinajstić information content (AvgIpc) is 2.78. The number of carbonyl (C=O) groups excluding carboxylic acids is 1. The summed E-state index contributed by atoms with van der Waals surface area (Å²) in [7, 11) is 0. The summed E-state index contributed by atoms with van der Waals surface area (Å²) in [6.45, 7) is 10.4. The van der Waals surface area contributed by atoms with Crippen molar-refractivity contribution in [2.75, 3.05) is 18.5 Å². The Balaban J connectivity index is 1.72. The first-order valence-electron chi connectivity index (χ1n) is 11.3. The second-order valence-electron chi connectivity index (χ2n) is 8.99. The number of carbonyl (C=O) groups is 1. The van der Waals surface area contributed by atoms with Crippen LogP contribution < -0.4 is 10.1 Å². The number of benzene rings is 3. The molecule has 0 radical (unpaired) electrons. The molecule has 168 valence electrons. The standard InChI is InChI=1S/C28H34N2O2/c1-5-32-26-17-15-25(16-18-26)29-27(31)30(20-19-22-9-7-6-8-10-22)21-23-11-13-24(14-12-23)28(2,3)4/h6-18H,5,19-21H2,1-4H3,(H,29,31). The van der Waals surface area contributed by atoms with Crippen molar-refractivity contribution in [3.63, 3.8) is 0 Å². The SMILES string of the molecule is CCOc1ccc(NC(=O)N(CCc2ccccc2)Cc2ccc(C(C)(C)C)cc2)cc1. The van der Waals surface area contributed by atoms with Crippen LogP contribution >= 0.6 is 0 Å². The van der Waals surface area contributed by atoms with Crippen LogP contribution in [0.4, 0.5) is 10.5 Å². The van der Waals surface area contributed by atoms with Gasteiger partial charge in [-0.25, -0.2) is 4.79 Å². The minimum Gasteiger partial charge on any atom is -0.494 e. The van der Waals surface area contributed by atoms with Crippen LogP contribution in [0.2, 0.25) is 0 Å². The van der Waals surface area contributed by atoms with Crippen LogP contribution in [0.15, 0.2) is 78.9 Å². The van der Waals surface area contributed by atoms with Gasteiger partial charge in [-0.2, -0.15) is 0 Å². The van der Waals surface area contributed by atoms with E-state index in [1.807, 2.05) is 54.3 Å². The molecule has 32 heavy (non-hydrogen) atoms. The van der Waals surface area contributed by atoms with E-state index in [-0.39, 0.29) is 11.4 Å². The van der Waals surface area contributed by atoms with E-state index < -0.39 is 0 Å². The number of nitrogens with zero attached hydrogens (tertiary/aromatic N) is 1. The molecular formula is C28H34N2O2. The first-order chi connectivity index (χ1) is 15.3. The molecule has 0 unspecified atom stereocenters.